The van der Waals surface area contributed by atoms with Crippen molar-refractivity contribution in [1.82, 2.24) is 15.2 Å². The number of sulfone groups is 1. The first kappa shape index (κ1) is 17.8. The molecule has 2 N–H and O–H groups in total. The topological polar surface area (TPSA) is 105 Å². The first-order valence-electron chi connectivity index (χ1n) is 5.95. The quantitative estimate of drug-likeness (QED) is 0.802. The molecule has 0 aliphatic heterocycles. The molecule has 0 fully saturated rings. The molecule has 0 unspecified atom stereocenters. The van der Waals surface area contributed by atoms with E-state index in [1.165, 1.54) is 0 Å². The number of H-pyrrole nitrogens is 1. The Kier molecular flexibility index (Phi) is 4.55. The van der Waals surface area contributed by atoms with E-state index in [9.17, 15) is 35.2 Å². The van der Waals surface area contributed by atoms with E-state index in [-0.39, 0.29) is 5.56 Å². The van der Waals surface area contributed by atoms with Crippen LogP contribution in [0.1, 0.15) is 16.2 Å². The molecule has 0 aliphatic carbocycles. The molecule has 1 amide bonds. The second kappa shape index (κ2) is 6.14. The van der Waals surface area contributed by atoms with Crippen LogP contribution >= 0.6 is 0 Å². The molecule has 2 rings (SSSR count). The van der Waals surface area contributed by atoms with Crippen LogP contribution < -0.4 is 5.32 Å². The Bertz CT molecular complexity index is 845. The molecule has 1 aromatic heterocycles. The first-order valence-corrected chi connectivity index (χ1v) is 7.49. The van der Waals surface area contributed by atoms with Gasteiger partial charge < -0.3 is 0 Å². The normalized spacial score (nSPS) is 12.4. The highest BCUT2D eigenvalue weighted by Gasteiger charge is 2.35. The van der Waals surface area contributed by atoms with E-state index in [0.717, 1.165) is 24.3 Å². The molecule has 0 atom stereocenters. The van der Waals surface area contributed by atoms with Crippen LogP contribution in [0.2, 0.25) is 0 Å². The van der Waals surface area contributed by atoms with Crippen LogP contribution in [0.25, 0.3) is 0 Å². The van der Waals surface area contributed by atoms with Crippen LogP contribution in [-0.4, -0.2) is 35.3 Å². The maximum Gasteiger partial charge on any atom is 0.451 e. The summed E-state index contributed by atoms with van der Waals surface area (Å²) in [5, 5.41) is 6.67. The zero-order valence-corrected chi connectivity index (χ0v) is 12.1. The van der Waals surface area contributed by atoms with Crippen molar-refractivity contribution < 1.29 is 35.2 Å². The second-order valence-electron chi connectivity index (χ2n) is 4.29. The number of alkyl halides is 5. The molecule has 24 heavy (non-hydrogen) atoms. The third-order valence-electron chi connectivity index (χ3n) is 2.66. The number of aromatic amines is 1. The first-order chi connectivity index (χ1) is 11.0. The van der Waals surface area contributed by atoms with Gasteiger partial charge in [-0.05, 0) is 24.3 Å². The van der Waals surface area contributed by atoms with E-state index in [1.807, 2.05) is 5.32 Å². The Hall–Kier alpha value is -2.57. The zero-order chi connectivity index (χ0) is 18.1. The summed E-state index contributed by atoms with van der Waals surface area (Å²) < 4.78 is 84.1. The van der Waals surface area contributed by atoms with E-state index in [2.05, 4.69) is 10.1 Å². The van der Waals surface area contributed by atoms with Crippen LogP contribution in [0.15, 0.2) is 29.2 Å². The summed E-state index contributed by atoms with van der Waals surface area (Å²) in [7, 11) is -4.81. The van der Waals surface area contributed by atoms with Gasteiger partial charge in [0.1, 0.15) is 0 Å². The number of hydrogen-bond acceptors (Lipinski definition) is 5. The molecular weight excluding hydrogens is 363 g/mol. The zero-order valence-electron chi connectivity index (χ0n) is 11.3. The van der Waals surface area contributed by atoms with Gasteiger partial charge in [-0.2, -0.15) is 26.9 Å². The lowest BCUT2D eigenvalue weighted by Crippen LogP contribution is -2.15. The van der Waals surface area contributed by atoms with Crippen LogP contribution in [0.4, 0.5) is 27.9 Å². The SMILES string of the molecule is O=C(Nc1n[nH]c(C(F)(F)F)n1)c1ccc(S(=O)(=O)C(F)F)cc1. The Balaban J connectivity index is 2.15. The number of nitrogens with one attached hydrogen (secondary N) is 2. The average Bonchev–Trinajstić information content (AvgIpc) is 2.96. The highest BCUT2D eigenvalue weighted by atomic mass is 32.2. The smallest absolute Gasteiger partial charge is 0.289 e. The fraction of sp³-hybridized carbons (Fsp3) is 0.182. The van der Waals surface area contributed by atoms with Crippen molar-refractivity contribution in [3.63, 3.8) is 0 Å². The number of benzene rings is 1. The Morgan fingerprint density at radius 1 is 1.17 bits per heavy atom. The van der Waals surface area contributed by atoms with Gasteiger partial charge in [0, 0.05) is 5.56 Å². The van der Waals surface area contributed by atoms with Crippen molar-refractivity contribution in [2.45, 2.75) is 16.8 Å². The Morgan fingerprint density at radius 2 is 1.75 bits per heavy atom. The minimum Gasteiger partial charge on any atom is -0.289 e. The molecule has 0 saturated carbocycles. The van der Waals surface area contributed by atoms with Gasteiger partial charge in [-0.25, -0.2) is 8.42 Å². The number of hydrogen-bond donors (Lipinski definition) is 2. The Labute approximate surface area is 130 Å². The standard InChI is InChI=1S/C11H7F5N4O3S/c12-9(13)24(22,23)6-3-1-5(2-4-6)7(21)17-10-18-8(19-20-10)11(14,15)16/h1-4,9H,(H2,17,18,19,20,21). The molecule has 0 spiro atoms. The summed E-state index contributed by atoms with van der Waals surface area (Å²) >= 11 is 0. The molecule has 13 heteroatoms. The molecule has 0 bridgehead atoms. The molecule has 1 aromatic carbocycles. The number of carbonyl (C=O) groups excluding carboxylic acids is 1. The predicted molar refractivity (Wildman–Crippen MR) is 69.0 cm³/mol. The minimum absolute atomic E-state index is 0.193. The van der Waals surface area contributed by atoms with Crippen LogP contribution in [0.3, 0.4) is 0 Å². The lowest BCUT2D eigenvalue weighted by Gasteiger charge is -2.05. The number of rotatable bonds is 4. The number of anilines is 1. The molecule has 2 aromatic rings. The highest BCUT2D eigenvalue weighted by molar-refractivity contribution is 7.91. The average molecular weight is 370 g/mol. The molecule has 0 radical (unpaired) electrons. The summed E-state index contributed by atoms with van der Waals surface area (Å²) in [5.41, 5.74) is -0.193. The van der Waals surface area contributed by atoms with Crippen molar-refractivity contribution in [3.05, 3.63) is 35.7 Å². The number of aromatic nitrogens is 3. The molecular formula is C11H7F5N4O3S. The van der Waals surface area contributed by atoms with Crippen molar-refractivity contribution in [2.24, 2.45) is 0 Å². The van der Waals surface area contributed by atoms with E-state index < -0.39 is 44.3 Å². The molecule has 0 aliphatic rings. The van der Waals surface area contributed by atoms with Gasteiger partial charge in [-0.15, -0.1) is 5.10 Å². The maximum atomic E-state index is 12.4. The molecule has 7 nitrogen and oxygen atoms in total. The largest absolute Gasteiger partial charge is 0.451 e. The monoisotopic (exact) mass is 370 g/mol. The predicted octanol–water partition coefficient (Wildman–Crippen LogP) is 2.07. The van der Waals surface area contributed by atoms with Crippen molar-refractivity contribution in [2.75, 3.05) is 5.32 Å². The second-order valence-corrected chi connectivity index (χ2v) is 6.21. The Morgan fingerprint density at radius 3 is 2.21 bits per heavy atom. The van der Waals surface area contributed by atoms with Gasteiger partial charge in [-0.3, -0.25) is 15.2 Å². The number of amides is 1. The van der Waals surface area contributed by atoms with Gasteiger partial charge in [0.25, 0.3) is 5.91 Å². The van der Waals surface area contributed by atoms with Gasteiger partial charge in [0.2, 0.25) is 21.6 Å². The number of carbonyl (C=O) groups is 1. The maximum absolute atomic E-state index is 12.4. The highest BCUT2D eigenvalue weighted by Crippen LogP contribution is 2.26. The van der Waals surface area contributed by atoms with Crippen molar-refractivity contribution in [1.29, 1.82) is 0 Å². The van der Waals surface area contributed by atoms with Crippen LogP contribution in [0.5, 0.6) is 0 Å². The van der Waals surface area contributed by atoms with Gasteiger partial charge in [-0.1, -0.05) is 0 Å². The van der Waals surface area contributed by atoms with Gasteiger partial charge in [0.15, 0.2) is 0 Å². The van der Waals surface area contributed by atoms with Crippen LogP contribution in [-0.2, 0) is 16.0 Å². The van der Waals surface area contributed by atoms with E-state index >= 15 is 0 Å². The van der Waals surface area contributed by atoms with Crippen molar-refractivity contribution >= 4 is 21.7 Å². The van der Waals surface area contributed by atoms with E-state index in [0.29, 0.717) is 0 Å². The number of nitrogens with zero attached hydrogens (tertiary/aromatic N) is 2. The summed E-state index contributed by atoms with van der Waals surface area (Å²) in [5.74, 6) is -6.65. The van der Waals surface area contributed by atoms with Crippen LogP contribution in [0, 0.1) is 0 Å². The third kappa shape index (κ3) is 3.67. The molecule has 130 valence electrons. The molecule has 1 heterocycles. The lowest BCUT2D eigenvalue weighted by molar-refractivity contribution is -0.144. The third-order valence-corrected chi connectivity index (χ3v) is 4.06. The fourth-order valence-electron chi connectivity index (χ4n) is 1.52. The van der Waals surface area contributed by atoms with Gasteiger partial charge >= 0.3 is 11.9 Å². The fourth-order valence-corrected chi connectivity index (χ4v) is 2.24. The summed E-state index contributed by atoms with van der Waals surface area (Å²) in [4.78, 5) is 14.1. The van der Waals surface area contributed by atoms with E-state index in [4.69, 9.17) is 0 Å². The minimum atomic E-state index is -4.81. The summed E-state index contributed by atoms with van der Waals surface area (Å²) in [6.45, 7) is 0. The number of halogens is 5. The van der Waals surface area contributed by atoms with Gasteiger partial charge in [0.05, 0.1) is 4.90 Å². The lowest BCUT2D eigenvalue weighted by atomic mass is 10.2. The van der Waals surface area contributed by atoms with Crippen molar-refractivity contribution in [3.8, 4) is 0 Å². The van der Waals surface area contributed by atoms with E-state index in [1.54, 1.807) is 5.10 Å². The summed E-state index contributed by atoms with van der Waals surface area (Å²) in [6.07, 6.45) is -4.78. The summed E-state index contributed by atoms with van der Waals surface area (Å²) in [6, 6.07) is 3.38. The molecule has 0 saturated heterocycles.